The van der Waals surface area contributed by atoms with E-state index in [2.05, 4.69) is 27.6 Å². The maximum absolute atomic E-state index is 11.7. The van der Waals surface area contributed by atoms with Crippen molar-refractivity contribution < 1.29 is 9.53 Å². The lowest BCUT2D eigenvalue weighted by Gasteiger charge is -2.05. The summed E-state index contributed by atoms with van der Waals surface area (Å²) in [6, 6.07) is 7.56. The summed E-state index contributed by atoms with van der Waals surface area (Å²) in [5.41, 5.74) is 8.81. The molecule has 0 saturated carbocycles. The van der Waals surface area contributed by atoms with Gasteiger partial charge in [-0.2, -0.15) is 5.10 Å². The molecule has 0 bridgehead atoms. The predicted molar refractivity (Wildman–Crippen MR) is 97.6 cm³/mol. The van der Waals surface area contributed by atoms with Gasteiger partial charge in [0.05, 0.1) is 18.6 Å². The minimum atomic E-state index is -0.222. The molecule has 0 fully saturated rings. The molecule has 0 spiro atoms. The molecule has 3 N–H and O–H groups in total. The zero-order valence-electron chi connectivity index (χ0n) is 13.3. The van der Waals surface area contributed by atoms with Crippen molar-refractivity contribution in [2.75, 3.05) is 18.1 Å². The summed E-state index contributed by atoms with van der Waals surface area (Å²) in [6.45, 7) is 2.81. The van der Waals surface area contributed by atoms with Gasteiger partial charge in [0.25, 0.3) is 5.91 Å². The number of nitrogens with zero attached hydrogens (tertiary/aromatic N) is 3. The van der Waals surface area contributed by atoms with Gasteiger partial charge in [0.2, 0.25) is 5.13 Å². The lowest BCUT2D eigenvalue weighted by atomic mass is 10.2. The SMILES string of the molecule is CCCCOc1cccc(C=NNC(=O)CSc2nnc(N)s2)c1. The van der Waals surface area contributed by atoms with E-state index in [1.54, 1.807) is 6.21 Å². The predicted octanol–water partition coefficient (Wildman–Crippen LogP) is 2.54. The number of ether oxygens (including phenoxy) is 1. The Balaban J connectivity index is 1.76. The van der Waals surface area contributed by atoms with Crippen molar-refractivity contribution in [1.82, 2.24) is 15.6 Å². The second-order valence-corrected chi connectivity index (χ2v) is 6.99. The van der Waals surface area contributed by atoms with Crippen molar-refractivity contribution in [1.29, 1.82) is 0 Å². The quantitative estimate of drug-likeness (QED) is 0.306. The van der Waals surface area contributed by atoms with Crippen LogP contribution in [-0.4, -0.2) is 34.7 Å². The molecule has 9 heteroatoms. The zero-order chi connectivity index (χ0) is 17.2. The van der Waals surface area contributed by atoms with E-state index < -0.39 is 0 Å². The second-order valence-electron chi connectivity index (χ2n) is 4.76. The fraction of sp³-hybridized carbons (Fsp3) is 0.333. The average molecular weight is 365 g/mol. The van der Waals surface area contributed by atoms with Gasteiger partial charge in [-0.05, 0) is 24.1 Å². The van der Waals surface area contributed by atoms with Crippen molar-refractivity contribution in [2.45, 2.75) is 24.1 Å². The minimum Gasteiger partial charge on any atom is -0.494 e. The second kappa shape index (κ2) is 9.89. The molecule has 1 aromatic heterocycles. The highest BCUT2D eigenvalue weighted by atomic mass is 32.2. The first-order valence-electron chi connectivity index (χ1n) is 7.44. The maximum Gasteiger partial charge on any atom is 0.250 e. The Morgan fingerprint density at radius 3 is 3.12 bits per heavy atom. The third kappa shape index (κ3) is 6.55. The molecule has 1 heterocycles. The van der Waals surface area contributed by atoms with Crippen LogP contribution in [0.3, 0.4) is 0 Å². The molecule has 1 amide bonds. The molecule has 0 aliphatic carbocycles. The van der Waals surface area contributed by atoms with Gasteiger partial charge < -0.3 is 10.5 Å². The van der Waals surface area contributed by atoms with Crippen LogP contribution in [0.15, 0.2) is 33.7 Å². The Morgan fingerprint density at radius 2 is 2.38 bits per heavy atom. The fourth-order valence-corrected chi connectivity index (χ4v) is 3.06. The molecular formula is C15H19N5O2S2. The third-order valence-electron chi connectivity index (χ3n) is 2.78. The molecule has 1 aromatic carbocycles. The van der Waals surface area contributed by atoms with E-state index in [0.717, 1.165) is 24.2 Å². The lowest BCUT2D eigenvalue weighted by molar-refractivity contribution is -0.118. The number of nitrogen functional groups attached to an aromatic ring is 1. The number of benzene rings is 1. The van der Waals surface area contributed by atoms with Crippen molar-refractivity contribution >= 4 is 40.4 Å². The first-order valence-corrected chi connectivity index (χ1v) is 9.24. The fourth-order valence-electron chi connectivity index (χ4n) is 1.64. The number of anilines is 1. The van der Waals surface area contributed by atoms with E-state index in [4.69, 9.17) is 10.5 Å². The van der Waals surface area contributed by atoms with Crippen LogP contribution in [-0.2, 0) is 4.79 Å². The van der Waals surface area contributed by atoms with E-state index >= 15 is 0 Å². The number of nitrogens with two attached hydrogens (primary N) is 1. The number of carbonyl (C=O) groups is 1. The largest absolute Gasteiger partial charge is 0.494 e. The van der Waals surface area contributed by atoms with Crippen molar-refractivity contribution in [3.05, 3.63) is 29.8 Å². The highest BCUT2D eigenvalue weighted by Crippen LogP contribution is 2.22. The summed E-state index contributed by atoms with van der Waals surface area (Å²) in [4.78, 5) is 11.7. The molecule has 0 atom stereocenters. The molecule has 0 radical (unpaired) electrons. The number of thioether (sulfide) groups is 1. The topological polar surface area (TPSA) is 102 Å². The molecule has 0 saturated heterocycles. The standard InChI is InChI=1S/C15H19N5O2S2/c1-2-3-7-22-12-6-4-5-11(8-12)9-17-18-13(21)10-23-15-20-19-14(16)24-15/h4-6,8-9H,2-3,7,10H2,1H3,(H2,16,19)(H,18,21). The van der Waals surface area contributed by atoms with Crippen LogP contribution >= 0.6 is 23.1 Å². The number of hydrazone groups is 1. The number of carbonyl (C=O) groups excluding carboxylic acids is 1. The van der Waals surface area contributed by atoms with Gasteiger partial charge in [-0.25, -0.2) is 5.43 Å². The van der Waals surface area contributed by atoms with Crippen LogP contribution < -0.4 is 15.9 Å². The van der Waals surface area contributed by atoms with Gasteiger partial charge in [-0.3, -0.25) is 4.79 Å². The van der Waals surface area contributed by atoms with Gasteiger partial charge in [-0.15, -0.1) is 10.2 Å². The first-order chi connectivity index (χ1) is 11.7. The molecule has 24 heavy (non-hydrogen) atoms. The number of nitrogens with one attached hydrogen (secondary N) is 1. The normalized spacial score (nSPS) is 10.9. The Kier molecular flexibility index (Phi) is 7.50. The van der Waals surface area contributed by atoms with Crippen molar-refractivity contribution in [3.63, 3.8) is 0 Å². The van der Waals surface area contributed by atoms with Gasteiger partial charge in [0.1, 0.15) is 5.75 Å². The molecule has 128 valence electrons. The number of hydrogen-bond donors (Lipinski definition) is 2. The average Bonchev–Trinajstić information content (AvgIpc) is 2.99. The highest BCUT2D eigenvalue weighted by Gasteiger charge is 2.05. The summed E-state index contributed by atoms with van der Waals surface area (Å²) in [5, 5.41) is 11.8. The molecule has 2 rings (SSSR count). The first kappa shape index (κ1) is 18.2. The molecule has 0 aliphatic heterocycles. The van der Waals surface area contributed by atoms with Gasteiger partial charge >= 0.3 is 0 Å². The molecule has 7 nitrogen and oxygen atoms in total. The van der Waals surface area contributed by atoms with Crippen LogP contribution in [0.5, 0.6) is 5.75 Å². The lowest BCUT2D eigenvalue weighted by Crippen LogP contribution is -2.19. The number of rotatable bonds is 9. The highest BCUT2D eigenvalue weighted by molar-refractivity contribution is 8.01. The zero-order valence-corrected chi connectivity index (χ0v) is 14.9. The smallest absolute Gasteiger partial charge is 0.250 e. The van der Waals surface area contributed by atoms with E-state index in [0.29, 0.717) is 16.1 Å². The van der Waals surface area contributed by atoms with Crippen LogP contribution in [0.4, 0.5) is 5.13 Å². The van der Waals surface area contributed by atoms with Crippen LogP contribution in [0.1, 0.15) is 25.3 Å². The van der Waals surface area contributed by atoms with Crippen LogP contribution in [0.25, 0.3) is 0 Å². The number of aromatic nitrogens is 2. The van der Waals surface area contributed by atoms with Crippen LogP contribution in [0.2, 0.25) is 0 Å². The minimum absolute atomic E-state index is 0.201. The van der Waals surface area contributed by atoms with Crippen molar-refractivity contribution in [2.24, 2.45) is 5.10 Å². The molecule has 2 aromatic rings. The monoisotopic (exact) mass is 365 g/mol. The third-order valence-corrected chi connectivity index (χ3v) is 4.66. The van der Waals surface area contributed by atoms with Gasteiger partial charge in [0, 0.05) is 0 Å². The van der Waals surface area contributed by atoms with E-state index in [-0.39, 0.29) is 11.7 Å². The summed E-state index contributed by atoms with van der Waals surface area (Å²) in [7, 11) is 0. The molecule has 0 unspecified atom stereocenters. The summed E-state index contributed by atoms with van der Waals surface area (Å²) < 4.78 is 6.29. The Bertz CT molecular complexity index is 690. The van der Waals surface area contributed by atoms with E-state index in [1.165, 1.54) is 23.1 Å². The molecular weight excluding hydrogens is 346 g/mol. The molecule has 0 aliphatic rings. The van der Waals surface area contributed by atoms with Crippen LogP contribution in [0, 0.1) is 0 Å². The van der Waals surface area contributed by atoms with E-state index in [9.17, 15) is 4.79 Å². The van der Waals surface area contributed by atoms with E-state index in [1.807, 2.05) is 24.3 Å². The number of hydrogen-bond acceptors (Lipinski definition) is 8. The Labute approximate surface area is 148 Å². The summed E-state index contributed by atoms with van der Waals surface area (Å²) >= 11 is 2.51. The Morgan fingerprint density at radius 1 is 1.50 bits per heavy atom. The van der Waals surface area contributed by atoms with Gasteiger partial charge in [0.15, 0.2) is 4.34 Å². The summed E-state index contributed by atoms with van der Waals surface area (Å²) in [6.07, 6.45) is 3.69. The maximum atomic E-state index is 11.7. The number of unbranched alkanes of at least 4 members (excludes halogenated alkanes) is 1. The number of amides is 1. The Hall–Kier alpha value is -2.13. The van der Waals surface area contributed by atoms with Crippen molar-refractivity contribution in [3.8, 4) is 5.75 Å². The summed E-state index contributed by atoms with van der Waals surface area (Å²) in [5.74, 6) is 0.773. The van der Waals surface area contributed by atoms with Gasteiger partial charge in [-0.1, -0.05) is 48.6 Å².